The Bertz CT molecular complexity index is 533. The zero-order valence-corrected chi connectivity index (χ0v) is 23.9. The van der Waals surface area contributed by atoms with Crippen LogP contribution in [0.15, 0.2) is 12.4 Å². The van der Waals surface area contributed by atoms with Gasteiger partial charge in [-0.1, -0.05) is 136 Å². The molecule has 0 radical (unpaired) electrons. The molecule has 2 heteroatoms. The van der Waals surface area contributed by atoms with E-state index in [0.29, 0.717) is 0 Å². The zero-order chi connectivity index (χ0) is 24.5. The van der Waals surface area contributed by atoms with E-state index >= 15 is 0 Å². The summed E-state index contributed by atoms with van der Waals surface area (Å²) in [5, 5.41) is 0. The van der Waals surface area contributed by atoms with Crippen molar-refractivity contribution in [1.82, 2.24) is 4.57 Å². The fourth-order valence-electron chi connectivity index (χ4n) is 5.26. The first-order valence-corrected chi connectivity index (χ1v) is 15.9. The van der Waals surface area contributed by atoms with Gasteiger partial charge < -0.3 is 0 Å². The standard InChI is InChI=1S/C32H63N2/c1-4-7-10-12-14-16-18-20-22-24-27-32-33(28-25-9-6-3)30-31-34(32)29-26-23-21-19-17-15-13-11-8-5-2/h30-31H,4-29H2,1-3H3/q+1. The zero-order valence-electron chi connectivity index (χ0n) is 23.9. The van der Waals surface area contributed by atoms with E-state index in [1.54, 1.807) is 5.82 Å². The lowest BCUT2D eigenvalue weighted by Gasteiger charge is -2.07. The summed E-state index contributed by atoms with van der Waals surface area (Å²) in [4.78, 5) is 0. The van der Waals surface area contributed by atoms with Gasteiger partial charge in [0.05, 0.1) is 13.1 Å². The lowest BCUT2D eigenvalue weighted by molar-refractivity contribution is -0.704. The van der Waals surface area contributed by atoms with Gasteiger partial charge in [0.15, 0.2) is 0 Å². The molecule has 0 amide bonds. The number of unbranched alkanes of at least 4 members (excludes halogenated alkanes) is 20. The predicted octanol–water partition coefficient (Wildman–Crippen LogP) is 10.4. The van der Waals surface area contributed by atoms with E-state index in [1.807, 2.05) is 0 Å². The minimum absolute atomic E-state index is 1.21. The highest BCUT2D eigenvalue weighted by Crippen LogP contribution is 2.13. The first kappa shape index (κ1) is 31.2. The van der Waals surface area contributed by atoms with Crippen molar-refractivity contribution >= 4 is 0 Å². The Morgan fingerprint density at radius 2 is 0.912 bits per heavy atom. The second kappa shape index (κ2) is 23.9. The van der Waals surface area contributed by atoms with Gasteiger partial charge in [0.25, 0.3) is 5.82 Å². The van der Waals surface area contributed by atoms with Crippen molar-refractivity contribution in [2.75, 3.05) is 0 Å². The third kappa shape index (κ3) is 16.8. The summed E-state index contributed by atoms with van der Waals surface area (Å²) in [6.07, 6.45) is 38.5. The average molecular weight is 476 g/mol. The smallest absolute Gasteiger partial charge is 0.234 e. The van der Waals surface area contributed by atoms with Gasteiger partial charge in [0.1, 0.15) is 12.4 Å². The number of hydrogen-bond donors (Lipinski definition) is 0. The van der Waals surface area contributed by atoms with Crippen molar-refractivity contribution in [2.24, 2.45) is 0 Å². The lowest BCUT2D eigenvalue weighted by atomic mass is 10.1. The van der Waals surface area contributed by atoms with Crippen LogP contribution in [0.1, 0.15) is 174 Å². The molecule has 1 rings (SSSR count). The number of nitrogens with zero attached hydrogens (tertiary/aromatic N) is 2. The largest absolute Gasteiger partial charge is 0.256 e. The third-order valence-electron chi connectivity index (χ3n) is 7.60. The van der Waals surface area contributed by atoms with Gasteiger partial charge in [-0.25, -0.2) is 9.13 Å². The van der Waals surface area contributed by atoms with Crippen molar-refractivity contribution in [3.05, 3.63) is 18.2 Å². The molecule has 0 spiro atoms. The summed E-state index contributed by atoms with van der Waals surface area (Å²) in [5.41, 5.74) is 0. The Morgan fingerprint density at radius 3 is 1.41 bits per heavy atom. The molecule has 2 nitrogen and oxygen atoms in total. The van der Waals surface area contributed by atoms with Gasteiger partial charge in [0.2, 0.25) is 0 Å². The number of imidazole rings is 1. The molecule has 200 valence electrons. The van der Waals surface area contributed by atoms with Crippen molar-refractivity contribution in [3.63, 3.8) is 0 Å². The summed E-state index contributed by atoms with van der Waals surface area (Å²) < 4.78 is 5.18. The first-order chi connectivity index (χ1) is 16.8. The van der Waals surface area contributed by atoms with Gasteiger partial charge in [0, 0.05) is 6.42 Å². The summed E-state index contributed by atoms with van der Waals surface area (Å²) in [6.45, 7) is 9.36. The molecule has 1 heterocycles. The molecule has 0 saturated heterocycles. The molecule has 1 aromatic heterocycles. The van der Waals surface area contributed by atoms with Gasteiger partial charge in [-0.3, -0.25) is 0 Å². The van der Waals surface area contributed by atoms with Gasteiger partial charge in [-0.2, -0.15) is 0 Å². The van der Waals surface area contributed by atoms with Gasteiger partial charge in [-0.15, -0.1) is 0 Å². The molecule has 0 atom stereocenters. The van der Waals surface area contributed by atoms with Gasteiger partial charge >= 0.3 is 0 Å². The summed E-state index contributed by atoms with van der Waals surface area (Å²) in [5.74, 6) is 1.60. The molecule has 0 aliphatic rings. The van der Waals surface area contributed by atoms with Crippen LogP contribution in [0.4, 0.5) is 0 Å². The molecule has 34 heavy (non-hydrogen) atoms. The van der Waals surface area contributed by atoms with E-state index in [0.717, 1.165) is 0 Å². The number of aromatic nitrogens is 2. The van der Waals surface area contributed by atoms with E-state index in [1.165, 1.54) is 167 Å². The van der Waals surface area contributed by atoms with Crippen LogP contribution in [0, 0.1) is 0 Å². The van der Waals surface area contributed by atoms with Crippen molar-refractivity contribution < 1.29 is 4.57 Å². The van der Waals surface area contributed by atoms with Crippen LogP contribution < -0.4 is 4.57 Å². The Balaban J connectivity index is 2.26. The van der Waals surface area contributed by atoms with Crippen LogP contribution in [-0.4, -0.2) is 4.57 Å². The second-order valence-corrected chi connectivity index (χ2v) is 10.9. The first-order valence-electron chi connectivity index (χ1n) is 15.9. The molecule has 0 saturated carbocycles. The maximum absolute atomic E-state index is 2.60. The minimum atomic E-state index is 1.21. The SMILES string of the molecule is CCCCCCCCCCCCc1n(CCCCC)cc[n+]1CCCCCCCCCCCC. The van der Waals surface area contributed by atoms with Gasteiger partial charge in [-0.05, 0) is 32.1 Å². The van der Waals surface area contributed by atoms with Crippen LogP contribution in [-0.2, 0) is 19.5 Å². The van der Waals surface area contributed by atoms with Crippen LogP contribution in [0.2, 0.25) is 0 Å². The average Bonchev–Trinajstić information content (AvgIpc) is 3.23. The summed E-state index contributed by atoms with van der Waals surface area (Å²) in [6, 6.07) is 0. The minimum Gasteiger partial charge on any atom is -0.234 e. The number of hydrogen-bond acceptors (Lipinski definition) is 0. The monoisotopic (exact) mass is 475 g/mol. The molecule has 0 unspecified atom stereocenters. The Hall–Kier alpha value is -0.790. The highest BCUT2D eigenvalue weighted by Gasteiger charge is 2.16. The fourth-order valence-corrected chi connectivity index (χ4v) is 5.26. The maximum atomic E-state index is 2.60. The predicted molar refractivity (Wildman–Crippen MR) is 152 cm³/mol. The fraction of sp³-hybridized carbons (Fsp3) is 0.906. The topological polar surface area (TPSA) is 8.81 Å². The second-order valence-electron chi connectivity index (χ2n) is 10.9. The van der Waals surface area contributed by atoms with Crippen LogP contribution in [0.5, 0.6) is 0 Å². The van der Waals surface area contributed by atoms with E-state index in [4.69, 9.17) is 0 Å². The highest BCUT2D eigenvalue weighted by molar-refractivity contribution is 4.84. The number of rotatable bonds is 26. The molecule has 0 N–H and O–H groups in total. The summed E-state index contributed by atoms with van der Waals surface area (Å²) >= 11 is 0. The van der Waals surface area contributed by atoms with Crippen LogP contribution >= 0.6 is 0 Å². The van der Waals surface area contributed by atoms with E-state index in [-0.39, 0.29) is 0 Å². The normalized spacial score (nSPS) is 11.5. The molecule has 1 aromatic rings. The maximum Gasteiger partial charge on any atom is 0.256 e. The number of aryl methyl sites for hydroxylation is 2. The van der Waals surface area contributed by atoms with E-state index < -0.39 is 0 Å². The highest BCUT2D eigenvalue weighted by atomic mass is 15.1. The van der Waals surface area contributed by atoms with Crippen LogP contribution in [0.3, 0.4) is 0 Å². The quantitative estimate of drug-likeness (QED) is 0.0930. The lowest BCUT2D eigenvalue weighted by Crippen LogP contribution is -2.37. The van der Waals surface area contributed by atoms with E-state index in [2.05, 4.69) is 42.3 Å². The molecular weight excluding hydrogens is 412 g/mol. The molecular formula is C32H63N2+. The molecule has 0 aliphatic heterocycles. The molecule has 0 fully saturated rings. The van der Waals surface area contributed by atoms with Crippen LogP contribution in [0.25, 0.3) is 0 Å². The van der Waals surface area contributed by atoms with Crippen molar-refractivity contribution in [3.8, 4) is 0 Å². The van der Waals surface area contributed by atoms with E-state index in [9.17, 15) is 0 Å². The Labute approximate surface area is 215 Å². The third-order valence-corrected chi connectivity index (χ3v) is 7.60. The van der Waals surface area contributed by atoms with Crippen molar-refractivity contribution in [1.29, 1.82) is 0 Å². The Morgan fingerprint density at radius 1 is 0.500 bits per heavy atom. The Kier molecular flexibility index (Phi) is 22.0. The molecule has 0 bridgehead atoms. The van der Waals surface area contributed by atoms with Crippen molar-refractivity contribution in [2.45, 2.75) is 188 Å². The summed E-state index contributed by atoms with van der Waals surface area (Å²) in [7, 11) is 0. The molecule has 0 aromatic carbocycles. The molecule has 0 aliphatic carbocycles.